The van der Waals surface area contributed by atoms with Crippen LogP contribution in [0.15, 0.2) is 41.6 Å². The Labute approximate surface area is 139 Å². The monoisotopic (exact) mass is 326 g/mol. The van der Waals surface area contributed by atoms with E-state index >= 15 is 0 Å². The van der Waals surface area contributed by atoms with Crippen LogP contribution in [0.1, 0.15) is 24.9 Å². The van der Waals surface area contributed by atoms with Crippen molar-refractivity contribution in [1.29, 1.82) is 0 Å². The summed E-state index contributed by atoms with van der Waals surface area (Å²) in [6, 6.07) is 4.86. The maximum absolute atomic E-state index is 12.4. The predicted molar refractivity (Wildman–Crippen MR) is 86.9 cm³/mol. The van der Waals surface area contributed by atoms with Gasteiger partial charge in [-0.1, -0.05) is 12.1 Å². The third kappa shape index (κ3) is 2.35. The van der Waals surface area contributed by atoms with E-state index in [9.17, 15) is 9.59 Å². The largest absolute Gasteiger partial charge is 0.486 e. The minimum Gasteiger partial charge on any atom is -0.486 e. The molecule has 1 aromatic carbocycles. The molecule has 0 spiro atoms. The summed E-state index contributed by atoms with van der Waals surface area (Å²) in [6.45, 7) is 3.13. The molecule has 1 N–H and O–H groups in total. The van der Waals surface area contributed by atoms with Crippen LogP contribution in [-0.2, 0) is 4.79 Å². The van der Waals surface area contributed by atoms with Crippen molar-refractivity contribution in [1.82, 2.24) is 10.2 Å². The van der Waals surface area contributed by atoms with Crippen LogP contribution in [0.2, 0.25) is 0 Å². The maximum atomic E-state index is 12.4. The van der Waals surface area contributed by atoms with Crippen molar-refractivity contribution in [2.24, 2.45) is 0 Å². The summed E-state index contributed by atoms with van der Waals surface area (Å²) < 4.78 is 11.2. The molecule has 3 aliphatic rings. The number of rotatable bonds is 2. The van der Waals surface area contributed by atoms with Gasteiger partial charge in [0.05, 0.1) is 11.7 Å². The Morgan fingerprint density at radius 1 is 1.25 bits per heavy atom. The Kier molecular flexibility index (Phi) is 3.52. The molecule has 0 saturated carbocycles. The minimum absolute atomic E-state index is 0.0542. The van der Waals surface area contributed by atoms with Gasteiger partial charge in [0.25, 0.3) is 0 Å². The molecular weight excluding hydrogens is 308 g/mol. The smallest absolute Gasteiger partial charge is 0.322 e. The Balaban J connectivity index is 1.81. The van der Waals surface area contributed by atoms with Gasteiger partial charge in [0.1, 0.15) is 13.2 Å². The molecular formula is C18H18N2O4. The van der Waals surface area contributed by atoms with Crippen molar-refractivity contribution in [2.75, 3.05) is 19.8 Å². The number of carbonyl (C=O) groups is 2. The van der Waals surface area contributed by atoms with E-state index in [4.69, 9.17) is 9.47 Å². The Morgan fingerprint density at radius 3 is 2.83 bits per heavy atom. The van der Waals surface area contributed by atoms with Crippen molar-refractivity contribution >= 4 is 11.8 Å². The second kappa shape index (κ2) is 5.70. The van der Waals surface area contributed by atoms with Gasteiger partial charge in [0, 0.05) is 12.1 Å². The maximum Gasteiger partial charge on any atom is 0.322 e. The van der Waals surface area contributed by atoms with Gasteiger partial charge < -0.3 is 14.8 Å². The molecule has 1 aromatic rings. The molecule has 6 nitrogen and oxygen atoms in total. The lowest BCUT2D eigenvalue weighted by atomic mass is 9.90. The number of ether oxygens (including phenoxy) is 2. The van der Waals surface area contributed by atoms with Crippen molar-refractivity contribution < 1.29 is 19.1 Å². The zero-order valence-electron chi connectivity index (χ0n) is 13.4. The van der Waals surface area contributed by atoms with Crippen LogP contribution < -0.4 is 14.8 Å². The van der Waals surface area contributed by atoms with E-state index in [-0.39, 0.29) is 11.8 Å². The molecule has 1 unspecified atom stereocenters. The number of ketones is 1. The van der Waals surface area contributed by atoms with Gasteiger partial charge in [-0.05, 0) is 37.1 Å². The molecule has 24 heavy (non-hydrogen) atoms. The summed E-state index contributed by atoms with van der Waals surface area (Å²) in [5, 5.41) is 2.95. The number of allylic oxidation sites excluding steroid dienone is 1. The summed E-state index contributed by atoms with van der Waals surface area (Å²) in [7, 11) is 0. The lowest BCUT2D eigenvalue weighted by molar-refractivity contribution is -0.114. The second-order valence-corrected chi connectivity index (χ2v) is 5.98. The molecule has 6 heteroatoms. The fourth-order valence-corrected chi connectivity index (χ4v) is 3.35. The zero-order chi connectivity index (χ0) is 16.7. The number of hydrogen-bond acceptors (Lipinski definition) is 4. The van der Waals surface area contributed by atoms with Crippen molar-refractivity contribution in [2.45, 2.75) is 19.4 Å². The van der Waals surface area contributed by atoms with Gasteiger partial charge >= 0.3 is 6.03 Å². The predicted octanol–water partition coefficient (Wildman–Crippen LogP) is 2.33. The molecule has 124 valence electrons. The standard InChI is InChI=1S/C18H18N2O4/c1-11(21)16-13-4-2-3-7-20(13)18(22)19-17(16)12-5-6-14-15(10-12)24-9-8-23-14/h2,4-6,10,17H,3,7-9H2,1H3,(H,19,22). The number of nitrogens with one attached hydrogen (secondary N) is 1. The molecule has 0 fully saturated rings. The lowest BCUT2D eigenvalue weighted by Gasteiger charge is -2.37. The van der Waals surface area contributed by atoms with E-state index in [1.54, 1.807) is 4.90 Å². The van der Waals surface area contributed by atoms with Gasteiger partial charge in [0.15, 0.2) is 17.3 Å². The number of urea groups is 1. The molecule has 0 aliphatic carbocycles. The number of benzene rings is 1. The quantitative estimate of drug-likeness (QED) is 0.906. The Bertz CT molecular complexity index is 781. The van der Waals surface area contributed by atoms with E-state index in [2.05, 4.69) is 5.32 Å². The van der Waals surface area contributed by atoms with Gasteiger partial charge in [-0.25, -0.2) is 4.79 Å². The number of amides is 2. The summed E-state index contributed by atoms with van der Waals surface area (Å²) >= 11 is 0. The van der Waals surface area contributed by atoms with Crippen LogP contribution in [-0.4, -0.2) is 36.5 Å². The normalized spacial score (nSPS) is 22.1. The fraction of sp³-hybridized carbons (Fsp3) is 0.333. The van der Waals surface area contributed by atoms with E-state index < -0.39 is 6.04 Å². The highest BCUT2D eigenvalue weighted by Crippen LogP contribution is 2.38. The summed E-state index contributed by atoms with van der Waals surface area (Å²) in [4.78, 5) is 26.4. The molecule has 0 bridgehead atoms. The number of fused-ring (bicyclic) bond motifs is 2. The van der Waals surface area contributed by atoms with Crippen LogP contribution in [0.3, 0.4) is 0 Å². The topological polar surface area (TPSA) is 67.9 Å². The first-order valence-electron chi connectivity index (χ1n) is 8.04. The SMILES string of the molecule is CC(=O)C1=C2C=CCCN2C(=O)NC1c1ccc2c(c1)OCCO2. The molecule has 0 radical (unpaired) electrons. The summed E-state index contributed by atoms with van der Waals surface area (Å²) in [6.07, 6.45) is 4.65. The van der Waals surface area contributed by atoms with Crippen LogP contribution in [0.25, 0.3) is 0 Å². The number of carbonyl (C=O) groups excluding carboxylic acids is 2. The zero-order valence-corrected chi connectivity index (χ0v) is 13.4. The molecule has 0 saturated heterocycles. The van der Waals surface area contributed by atoms with Crippen molar-refractivity contribution in [3.8, 4) is 11.5 Å². The molecule has 1 atom stereocenters. The average Bonchev–Trinajstić information content (AvgIpc) is 2.61. The highest BCUT2D eigenvalue weighted by atomic mass is 16.6. The van der Waals surface area contributed by atoms with Crippen LogP contribution in [0.4, 0.5) is 4.79 Å². The highest BCUT2D eigenvalue weighted by molar-refractivity contribution is 5.99. The minimum atomic E-state index is -0.486. The van der Waals surface area contributed by atoms with Gasteiger partial charge in [-0.3, -0.25) is 9.69 Å². The van der Waals surface area contributed by atoms with Gasteiger partial charge in [-0.15, -0.1) is 0 Å². The highest BCUT2D eigenvalue weighted by Gasteiger charge is 2.36. The van der Waals surface area contributed by atoms with E-state index in [1.165, 1.54) is 6.92 Å². The number of hydrogen-bond donors (Lipinski definition) is 1. The lowest BCUT2D eigenvalue weighted by Crippen LogP contribution is -2.48. The molecule has 3 heterocycles. The average molecular weight is 326 g/mol. The van der Waals surface area contributed by atoms with Crippen LogP contribution >= 0.6 is 0 Å². The first-order valence-corrected chi connectivity index (χ1v) is 8.04. The van der Waals surface area contributed by atoms with E-state index in [0.717, 1.165) is 12.0 Å². The second-order valence-electron chi connectivity index (χ2n) is 5.98. The first kappa shape index (κ1) is 14.8. The first-order chi connectivity index (χ1) is 11.6. The Morgan fingerprint density at radius 2 is 2.04 bits per heavy atom. The molecule has 3 aliphatic heterocycles. The molecule has 2 amide bonds. The van der Waals surface area contributed by atoms with Crippen LogP contribution in [0, 0.1) is 0 Å². The third-order valence-electron chi connectivity index (χ3n) is 4.44. The molecule has 0 aromatic heterocycles. The summed E-state index contributed by atoms with van der Waals surface area (Å²) in [5.74, 6) is 1.27. The van der Waals surface area contributed by atoms with Gasteiger partial charge in [-0.2, -0.15) is 0 Å². The van der Waals surface area contributed by atoms with Crippen molar-refractivity contribution in [3.63, 3.8) is 0 Å². The summed E-state index contributed by atoms with van der Waals surface area (Å²) in [5.41, 5.74) is 2.10. The fourth-order valence-electron chi connectivity index (χ4n) is 3.35. The Hall–Kier alpha value is -2.76. The van der Waals surface area contributed by atoms with Gasteiger partial charge in [0.2, 0.25) is 0 Å². The van der Waals surface area contributed by atoms with E-state index in [0.29, 0.717) is 42.5 Å². The van der Waals surface area contributed by atoms with Crippen LogP contribution in [0.5, 0.6) is 11.5 Å². The number of Topliss-reactive ketones (excluding diaryl/α,β-unsaturated/α-hetero) is 1. The van der Waals surface area contributed by atoms with E-state index in [1.807, 2.05) is 30.4 Å². The number of nitrogens with zero attached hydrogens (tertiary/aromatic N) is 1. The molecule has 4 rings (SSSR count). The third-order valence-corrected chi connectivity index (χ3v) is 4.44. The van der Waals surface area contributed by atoms with Crippen molar-refractivity contribution in [3.05, 3.63) is 47.2 Å².